The van der Waals surface area contributed by atoms with Gasteiger partial charge in [-0.25, -0.2) is 0 Å². The maximum absolute atomic E-state index is 9.40. The van der Waals surface area contributed by atoms with Crippen LogP contribution < -0.4 is 5.73 Å². The van der Waals surface area contributed by atoms with Crippen molar-refractivity contribution in [1.82, 2.24) is 4.90 Å². The first-order valence-corrected chi connectivity index (χ1v) is 4.93. The molecule has 3 heteroatoms. The van der Waals surface area contributed by atoms with Crippen molar-refractivity contribution in [3.8, 4) is 0 Å². The second-order valence-electron chi connectivity index (χ2n) is 3.57. The molecule has 0 aromatic heterocycles. The number of aliphatic hydroxyl groups is 1. The maximum Gasteiger partial charge on any atom is 0.0564 e. The molecule has 1 saturated heterocycles. The van der Waals surface area contributed by atoms with Gasteiger partial charge < -0.3 is 15.7 Å². The predicted octanol–water partition coefficient (Wildman–Crippen LogP) is 0.182. The lowest BCUT2D eigenvalue weighted by atomic mass is 10.2. The summed E-state index contributed by atoms with van der Waals surface area (Å²) in [6, 6.07) is 0. The molecule has 3 N–H and O–H groups in total. The Hall–Kier alpha value is -0.120. The van der Waals surface area contributed by atoms with Crippen LogP contribution in [0.1, 0.15) is 25.7 Å². The minimum Gasteiger partial charge on any atom is -0.393 e. The molecule has 1 heterocycles. The van der Waals surface area contributed by atoms with Gasteiger partial charge >= 0.3 is 0 Å². The number of nitrogens with zero attached hydrogens (tertiary/aromatic N) is 1. The fourth-order valence-electron chi connectivity index (χ4n) is 1.67. The van der Waals surface area contributed by atoms with Crippen LogP contribution in [-0.2, 0) is 0 Å². The minimum absolute atomic E-state index is 0.185. The van der Waals surface area contributed by atoms with E-state index in [1.807, 2.05) is 0 Å². The van der Waals surface area contributed by atoms with E-state index in [-0.39, 0.29) is 6.10 Å². The van der Waals surface area contributed by atoms with Crippen molar-refractivity contribution in [2.45, 2.75) is 31.8 Å². The molecule has 0 unspecified atom stereocenters. The van der Waals surface area contributed by atoms with Gasteiger partial charge in [-0.2, -0.15) is 0 Å². The third kappa shape index (κ3) is 3.52. The molecule has 1 fully saturated rings. The molecule has 0 radical (unpaired) electrons. The van der Waals surface area contributed by atoms with E-state index in [4.69, 9.17) is 5.73 Å². The minimum atomic E-state index is -0.185. The van der Waals surface area contributed by atoms with E-state index in [0.29, 0.717) is 6.54 Å². The lowest BCUT2D eigenvalue weighted by Gasteiger charge is -2.16. The summed E-state index contributed by atoms with van der Waals surface area (Å²) in [4.78, 5) is 2.42. The molecule has 3 nitrogen and oxygen atoms in total. The Balaban J connectivity index is 1.99. The van der Waals surface area contributed by atoms with E-state index < -0.39 is 0 Å². The largest absolute Gasteiger partial charge is 0.393 e. The summed E-state index contributed by atoms with van der Waals surface area (Å²) in [5.74, 6) is 0. The monoisotopic (exact) mass is 172 g/mol. The highest BCUT2D eigenvalue weighted by molar-refractivity contribution is 4.68. The zero-order chi connectivity index (χ0) is 8.81. The first kappa shape index (κ1) is 9.96. The summed E-state index contributed by atoms with van der Waals surface area (Å²) < 4.78 is 0. The first-order chi connectivity index (χ1) is 5.83. The number of nitrogens with two attached hydrogens (primary N) is 1. The van der Waals surface area contributed by atoms with Crippen LogP contribution in [0.2, 0.25) is 0 Å². The van der Waals surface area contributed by atoms with E-state index in [1.165, 1.54) is 25.9 Å². The van der Waals surface area contributed by atoms with Crippen LogP contribution in [0.4, 0.5) is 0 Å². The fraction of sp³-hybridized carbons (Fsp3) is 1.00. The Morgan fingerprint density at radius 2 is 1.92 bits per heavy atom. The van der Waals surface area contributed by atoms with Gasteiger partial charge in [0.1, 0.15) is 0 Å². The summed E-state index contributed by atoms with van der Waals surface area (Å²) in [6.07, 6.45) is 4.10. The Bertz CT molecular complexity index is 113. The van der Waals surface area contributed by atoms with Gasteiger partial charge in [0, 0.05) is 6.54 Å². The maximum atomic E-state index is 9.40. The highest BCUT2D eigenvalue weighted by Gasteiger charge is 2.12. The summed E-state index contributed by atoms with van der Waals surface area (Å²) in [5.41, 5.74) is 5.34. The third-order valence-corrected chi connectivity index (χ3v) is 2.48. The molecule has 0 saturated carbocycles. The topological polar surface area (TPSA) is 49.5 Å². The highest BCUT2D eigenvalue weighted by atomic mass is 16.3. The molecule has 1 aliphatic rings. The van der Waals surface area contributed by atoms with Crippen molar-refractivity contribution in [2.24, 2.45) is 5.73 Å². The molecule has 12 heavy (non-hydrogen) atoms. The average molecular weight is 172 g/mol. The van der Waals surface area contributed by atoms with Gasteiger partial charge in [0.15, 0.2) is 0 Å². The smallest absolute Gasteiger partial charge is 0.0564 e. The first-order valence-electron chi connectivity index (χ1n) is 4.93. The Morgan fingerprint density at radius 3 is 2.50 bits per heavy atom. The lowest BCUT2D eigenvalue weighted by Crippen LogP contribution is -2.25. The van der Waals surface area contributed by atoms with E-state index in [9.17, 15) is 5.11 Å². The molecule has 0 amide bonds. The van der Waals surface area contributed by atoms with Crippen molar-refractivity contribution in [2.75, 3.05) is 26.2 Å². The molecule has 1 atom stereocenters. The van der Waals surface area contributed by atoms with Crippen LogP contribution in [0.5, 0.6) is 0 Å². The van der Waals surface area contributed by atoms with Crippen molar-refractivity contribution < 1.29 is 5.11 Å². The Morgan fingerprint density at radius 1 is 1.25 bits per heavy atom. The van der Waals surface area contributed by atoms with Crippen LogP contribution in [0.15, 0.2) is 0 Å². The number of hydrogen-bond donors (Lipinski definition) is 2. The zero-order valence-electron chi connectivity index (χ0n) is 7.71. The second kappa shape index (κ2) is 5.51. The van der Waals surface area contributed by atoms with E-state index >= 15 is 0 Å². The van der Waals surface area contributed by atoms with Gasteiger partial charge in [-0.1, -0.05) is 0 Å². The molecule has 1 aliphatic heterocycles. The highest BCUT2D eigenvalue weighted by Crippen LogP contribution is 2.08. The van der Waals surface area contributed by atoms with Gasteiger partial charge in [0.05, 0.1) is 6.10 Å². The number of aliphatic hydroxyl groups excluding tert-OH is 1. The van der Waals surface area contributed by atoms with Gasteiger partial charge in [-0.3, -0.25) is 0 Å². The second-order valence-corrected chi connectivity index (χ2v) is 3.57. The standard InChI is InChI=1S/C9H20N2O/c10-5-3-9(12)4-8-11-6-1-2-7-11/h9,12H,1-8,10H2/t9-/m0/s1. The molecule has 72 valence electrons. The summed E-state index contributed by atoms with van der Waals surface area (Å²) in [7, 11) is 0. The quantitative estimate of drug-likeness (QED) is 0.622. The van der Waals surface area contributed by atoms with E-state index in [2.05, 4.69) is 4.90 Å². The third-order valence-electron chi connectivity index (χ3n) is 2.48. The van der Waals surface area contributed by atoms with Crippen LogP contribution >= 0.6 is 0 Å². The lowest BCUT2D eigenvalue weighted by molar-refractivity contribution is 0.140. The van der Waals surface area contributed by atoms with Crippen LogP contribution in [0, 0.1) is 0 Å². The van der Waals surface area contributed by atoms with E-state index in [1.54, 1.807) is 0 Å². The molecule has 0 bridgehead atoms. The average Bonchev–Trinajstić information content (AvgIpc) is 2.53. The van der Waals surface area contributed by atoms with Crippen LogP contribution in [-0.4, -0.2) is 42.3 Å². The zero-order valence-corrected chi connectivity index (χ0v) is 7.71. The summed E-state index contributed by atoms with van der Waals surface area (Å²) in [6.45, 7) is 4.08. The van der Waals surface area contributed by atoms with Crippen molar-refractivity contribution in [3.63, 3.8) is 0 Å². The molecule has 0 aromatic carbocycles. The van der Waals surface area contributed by atoms with Crippen molar-refractivity contribution >= 4 is 0 Å². The summed E-state index contributed by atoms with van der Waals surface area (Å²) >= 11 is 0. The van der Waals surface area contributed by atoms with E-state index in [0.717, 1.165) is 19.4 Å². The van der Waals surface area contributed by atoms with Gasteiger partial charge in [-0.15, -0.1) is 0 Å². The predicted molar refractivity (Wildman–Crippen MR) is 50.0 cm³/mol. The van der Waals surface area contributed by atoms with Gasteiger partial charge in [0.2, 0.25) is 0 Å². The fourth-order valence-corrected chi connectivity index (χ4v) is 1.67. The Kier molecular flexibility index (Phi) is 4.58. The SMILES string of the molecule is NCC[C@H](O)CCN1CCCC1. The normalized spacial score (nSPS) is 21.5. The molecule has 0 aromatic rings. The Labute approximate surface area is 74.5 Å². The number of likely N-dealkylation sites (tertiary alicyclic amines) is 1. The molecular weight excluding hydrogens is 152 g/mol. The molecule has 0 spiro atoms. The van der Waals surface area contributed by atoms with Crippen molar-refractivity contribution in [3.05, 3.63) is 0 Å². The van der Waals surface area contributed by atoms with Crippen molar-refractivity contribution in [1.29, 1.82) is 0 Å². The molecule has 0 aliphatic carbocycles. The number of rotatable bonds is 5. The molecule has 1 rings (SSSR count). The van der Waals surface area contributed by atoms with Crippen LogP contribution in [0.25, 0.3) is 0 Å². The van der Waals surface area contributed by atoms with Gasteiger partial charge in [0.25, 0.3) is 0 Å². The summed E-state index contributed by atoms with van der Waals surface area (Å²) in [5, 5.41) is 9.40. The molecular formula is C9H20N2O. The van der Waals surface area contributed by atoms with Crippen LogP contribution in [0.3, 0.4) is 0 Å². The van der Waals surface area contributed by atoms with Gasteiger partial charge in [-0.05, 0) is 45.3 Å². The number of hydrogen-bond acceptors (Lipinski definition) is 3.